The predicted octanol–water partition coefficient (Wildman–Crippen LogP) is 3.84. The number of hydrogen-bond acceptors (Lipinski definition) is 6. The van der Waals surface area contributed by atoms with E-state index < -0.39 is 0 Å². The third-order valence-corrected chi connectivity index (χ3v) is 6.76. The van der Waals surface area contributed by atoms with Gasteiger partial charge in [-0.2, -0.15) is 0 Å². The second kappa shape index (κ2) is 7.92. The maximum atomic E-state index is 13.2. The number of amides is 1. The van der Waals surface area contributed by atoms with Crippen LogP contribution in [-0.4, -0.2) is 52.3 Å². The second-order valence-electron chi connectivity index (χ2n) is 6.21. The predicted molar refractivity (Wildman–Crippen MR) is 106 cm³/mol. The number of rotatable bonds is 4. The third-order valence-electron chi connectivity index (χ3n) is 4.37. The molecule has 1 amide bonds. The molecule has 0 radical (unpaired) electrons. The summed E-state index contributed by atoms with van der Waals surface area (Å²) < 4.78 is 19.4. The Balaban J connectivity index is 1.58. The maximum absolute atomic E-state index is 13.2. The summed E-state index contributed by atoms with van der Waals surface area (Å²) in [6.07, 6.45) is 1.53. The number of ether oxygens (including phenoxy) is 1. The summed E-state index contributed by atoms with van der Waals surface area (Å²) in [5, 5.41) is 0.560. The zero-order valence-electron chi connectivity index (χ0n) is 14.7. The van der Waals surface area contributed by atoms with Crippen LogP contribution in [0.3, 0.4) is 0 Å². The first-order chi connectivity index (χ1) is 13.1. The van der Waals surface area contributed by atoms with Crippen LogP contribution in [0.5, 0.6) is 0 Å². The highest BCUT2D eigenvalue weighted by atomic mass is 32.2. The molecule has 1 saturated heterocycles. The van der Waals surface area contributed by atoms with Gasteiger partial charge in [0.25, 0.3) is 0 Å². The van der Waals surface area contributed by atoms with Crippen molar-refractivity contribution < 1.29 is 13.9 Å². The molecule has 0 unspecified atom stereocenters. The van der Waals surface area contributed by atoms with E-state index in [0.29, 0.717) is 26.3 Å². The van der Waals surface area contributed by atoms with Crippen molar-refractivity contribution in [2.75, 3.05) is 26.3 Å². The average Bonchev–Trinajstić information content (AvgIpc) is 3.14. The number of hydrogen-bond donors (Lipinski definition) is 0. The Morgan fingerprint density at radius 1 is 1.26 bits per heavy atom. The van der Waals surface area contributed by atoms with Gasteiger partial charge in [0.1, 0.15) is 17.2 Å². The van der Waals surface area contributed by atoms with Gasteiger partial charge in [-0.05, 0) is 30.7 Å². The molecule has 1 fully saturated rings. The standard InChI is InChI=1S/C19H18FN3O2S2/c1-12(19(24)23-6-8-25-9-7-23)26-18-17-15(21-11-22-18)10-16(27-17)13-2-4-14(20)5-3-13/h2-5,10-12H,6-9H2,1H3/t12-/m1/s1. The molecular formula is C19H18FN3O2S2. The average molecular weight is 404 g/mol. The molecule has 0 N–H and O–H groups in total. The van der Waals surface area contributed by atoms with Crippen molar-refractivity contribution in [2.24, 2.45) is 0 Å². The molecule has 1 aliphatic heterocycles. The van der Waals surface area contributed by atoms with Crippen LogP contribution >= 0.6 is 23.1 Å². The van der Waals surface area contributed by atoms with Crippen molar-refractivity contribution in [1.82, 2.24) is 14.9 Å². The highest BCUT2D eigenvalue weighted by molar-refractivity contribution is 8.00. The molecule has 0 bridgehead atoms. The number of carbonyl (C=O) groups excluding carboxylic acids is 1. The number of aromatic nitrogens is 2. The Morgan fingerprint density at radius 3 is 2.74 bits per heavy atom. The first-order valence-corrected chi connectivity index (χ1v) is 10.3. The summed E-state index contributed by atoms with van der Waals surface area (Å²) in [7, 11) is 0. The molecule has 5 nitrogen and oxygen atoms in total. The summed E-state index contributed by atoms with van der Waals surface area (Å²) in [5.41, 5.74) is 1.77. The Bertz CT molecular complexity index is 955. The van der Waals surface area contributed by atoms with Gasteiger partial charge in [0.2, 0.25) is 5.91 Å². The molecule has 8 heteroatoms. The van der Waals surface area contributed by atoms with E-state index in [1.165, 1.54) is 30.2 Å². The number of thioether (sulfide) groups is 1. The van der Waals surface area contributed by atoms with Crippen LogP contribution in [0, 0.1) is 5.82 Å². The number of halogens is 1. The van der Waals surface area contributed by atoms with Crippen LogP contribution in [0.2, 0.25) is 0 Å². The van der Waals surface area contributed by atoms with E-state index >= 15 is 0 Å². The lowest BCUT2D eigenvalue weighted by molar-refractivity contribution is -0.134. The van der Waals surface area contributed by atoms with Crippen molar-refractivity contribution in [3.8, 4) is 10.4 Å². The lowest BCUT2D eigenvalue weighted by Crippen LogP contribution is -2.44. The fourth-order valence-corrected chi connectivity index (χ4v) is 5.11. The Morgan fingerprint density at radius 2 is 2.00 bits per heavy atom. The summed E-state index contributed by atoms with van der Waals surface area (Å²) in [6.45, 7) is 4.36. The van der Waals surface area contributed by atoms with E-state index in [4.69, 9.17) is 4.74 Å². The lowest BCUT2D eigenvalue weighted by atomic mass is 10.2. The summed E-state index contributed by atoms with van der Waals surface area (Å²) >= 11 is 3.01. The molecule has 2 aromatic heterocycles. The minimum Gasteiger partial charge on any atom is -0.378 e. The number of morpholine rings is 1. The third kappa shape index (κ3) is 3.97. The minimum absolute atomic E-state index is 0.102. The van der Waals surface area contributed by atoms with Gasteiger partial charge in [0.05, 0.1) is 28.7 Å². The molecule has 27 heavy (non-hydrogen) atoms. The van der Waals surface area contributed by atoms with E-state index in [-0.39, 0.29) is 17.0 Å². The molecule has 140 valence electrons. The number of thiophene rings is 1. The highest BCUT2D eigenvalue weighted by Gasteiger charge is 2.24. The van der Waals surface area contributed by atoms with Crippen molar-refractivity contribution in [2.45, 2.75) is 17.2 Å². The van der Waals surface area contributed by atoms with Crippen LogP contribution in [0.25, 0.3) is 20.7 Å². The molecule has 4 rings (SSSR count). The van der Waals surface area contributed by atoms with Gasteiger partial charge in [-0.1, -0.05) is 23.9 Å². The SMILES string of the molecule is C[C@@H](Sc1ncnc2cc(-c3ccc(F)cc3)sc12)C(=O)N1CCOCC1. The molecule has 1 aromatic carbocycles. The Kier molecular flexibility index (Phi) is 5.38. The van der Waals surface area contributed by atoms with Gasteiger partial charge >= 0.3 is 0 Å². The molecule has 1 aliphatic rings. The van der Waals surface area contributed by atoms with Crippen molar-refractivity contribution in [1.29, 1.82) is 0 Å². The first kappa shape index (κ1) is 18.3. The van der Waals surface area contributed by atoms with E-state index in [2.05, 4.69) is 9.97 Å². The smallest absolute Gasteiger partial charge is 0.235 e. The van der Waals surface area contributed by atoms with Crippen molar-refractivity contribution >= 4 is 39.2 Å². The van der Waals surface area contributed by atoms with Gasteiger partial charge in [0, 0.05) is 18.0 Å². The van der Waals surface area contributed by atoms with Gasteiger partial charge in [0.15, 0.2) is 0 Å². The molecule has 0 saturated carbocycles. The molecule has 3 aromatic rings. The largest absolute Gasteiger partial charge is 0.378 e. The Hall–Kier alpha value is -2.03. The van der Waals surface area contributed by atoms with Crippen molar-refractivity contribution in [3.05, 3.63) is 42.5 Å². The fraction of sp³-hybridized carbons (Fsp3) is 0.316. The topological polar surface area (TPSA) is 55.3 Å². The number of carbonyl (C=O) groups is 1. The molecule has 0 spiro atoms. The van der Waals surface area contributed by atoms with Crippen LogP contribution in [0.4, 0.5) is 4.39 Å². The summed E-state index contributed by atoms with van der Waals surface area (Å²) in [4.78, 5) is 24.3. The summed E-state index contributed by atoms with van der Waals surface area (Å²) in [6, 6.07) is 8.39. The van der Waals surface area contributed by atoms with E-state index in [0.717, 1.165) is 25.7 Å². The van der Waals surface area contributed by atoms with Gasteiger partial charge in [-0.3, -0.25) is 4.79 Å². The molecule has 1 atom stereocenters. The number of nitrogens with zero attached hydrogens (tertiary/aromatic N) is 3. The van der Waals surface area contributed by atoms with Crippen LogP contribution in [0.15, 0.2) is 41.7 Å². The van der Waals surface area contributed by atoms with Crippen LogP contribution < -0.4 is 0 Å². The Labute approximate surface area is 164 Å². The van der Waals surface area contributed by atoms with E-state index in [9.17, 15) is 9.18 Å². The highest BCUT2D eigenvalue weighted by Crippen LogP contribution is 2.38. The van der Waals surface area contributed by atoms with Crippen molar-refractivity contribution in [3.63, 3.8) is 0 Å². The number of benzene rings is 1. The quantitative estimate of drug-likeness (QED) is 0.489. The number of fused-ring (bicyclic) bond motifs is 1. The van der Waals surface area contributed by atoms with Gasteiger partial charge in [-0.15, -0.1) is 11.3 Å². The zero-order valence-corrected chi connectivity index (χ0v) is 16.4. The van der Waals surface area contributed by atoms with Gasteiger partial charge in [-0.25, -0.2) is 14.4 Å². The molecule has 3 heterocycles. The lowest BCUT2D eigenvalue weighted by Gasteiger charge is -2.28. The second-order valence-corrected chi connectivity index (χ2v) is 8.59. The van der Waals surface area contributed by atoms with Crippen LogP contribution in [0.1, 0.15) is 6.92 Å². The van der Waals surface area contributed by atoms with Crippen LogP contribution in [-0.2, 0) is 9.53 Å². The minimum atomic E-state index is -0.258. The zero-order chi connectivity index (χ0) is 18.8. The van der Waals surface area contributed by atoms with Gasteiger partial charge < -0.3 is 9.64 Å². The maximum Gasteiger partial charge on any atom is 0.235 e. The normalized spacial score (nSPS) is 15.9. The molecular weight excluding hydrogens is 385 g/mol. The fourth-order valence-electron chi connectivity index (χ4n) is 2.93. The molecule has 0 aliphatic carbocycles. The monoisotopic (exact) mass is 403 g/mol. The van der Waals surface area contributed by atoms with E-state index in [1.54, 1.807) is 23.5 Å². The summed E-state index contributed by atoms with van der Waals surface area (Å²) in [5.74, 6) is -0.156. The van der Waals surface area contributed by atoms with E-state index in [1.807, 2.05) is 17.9 Å². The first-order valence-electron chi connectivity index (χ1n) is 8.65.